The van der Waals surface area contributed by atoms with E-state index in [2.05, 4.69) is 6.07 Å². The number of carbonyl (C=O) groups excluding carboxylic acids is 1. The van der Waals surface area contributed by atoms with Gasteiger partial charge >= 0.3 is 5.97 Å². The van der Waals surface area contributed by atoms with E-state index in [1.54, 1.807) is 11.8 Å². The number of rotatable bonds is 6. The zero-order valence-electron chi connectivity index (χ0n) is 19.1. The molecule has 0 spiro atoms. The Hall–Kier alpha value is -3.82. The maximum Gasteiger partial charge on any atom is 0.338 e. The first kappa shape index (κ1) is 23.3. The number of benzene rings is 3. The van der Waals surface area contributed by atoms with E-state index in [4.69, 9.17) is 15.0 Å². The molecular weight excluding hydrogens is 442 g/mol. The van der Waals surface area contributed by atoms with Crippen molar-refractivity contribution in [1.29, 1.82) is 5.26 Å². The van der Waals surface area contributed by atoms with Crippen LogP contribution in [-0.4, -0.2) is 17.7 Å². The molecule has 34 heavy (non-hydrogen) atoms. The van der Waals surface area contributed by atoms with E-state index in [9.17, 15) is 4.79 Å². The third-order valence-corrected chi connectivity index (χ3v) is 6.53. The van der Waals surface area contributed by atoms with Gasteiger partial charge in [0.1, 0.15) is 6.04 Å². The second-order valence-electron chi connectivity index (χ2n) is 7.71. The first-order valence-corrected chi connectivity index (χ1v) is 12.1. The molecule has 170 valence electrons. The van der Waals surface area contributed by atoms with Crippen molar-refractivity contribution in [2.45, 2.75) is 25.6 Å². The van der Waals surface area contributed by atoms with Crippen LogP contribution in [0.2, 0.25) is 0 Å². The normalized spacial score (nSPS) is 15.5. The van der Waals surface area contributed by atoms with Gasteiger partial charge in [0.2, 0.25) is 0 Å². The quantitative estimate of drug-likeness (QED) is 0.401. The second kappa shape index (κ2) is 10.9. The van der Waals surface area contributed by atoms with Gasteiger partial charge in [-0.2, -0.15) is 5.26 Å². The average molecular weight is 468 g/mol. The summed E-state index contributed by atoms with van der Waals surface area (Å²) >= 11 is 1.60. The Balaban J connectivity index is 1.77. The topological polar surface area (TPSA) is 65.7 Å². The number of hydrogen-bond donors (Lipinski definition) is 0. The van der Waals surface area contributed by atoms with Crippen molar-refractivity contribution < 1.29 is 9.53 Å². The molecule has 0 saturated heterocycles. The Morgan fingerprint density at radius 3 is 2.29 bits per heavy atom. The predicted molar refractivity (Wildman–Crippen MR) is 137 cm³/mol. The lowest BCUT2D eigenvalue weighted by Crippen LogP contribution is -2.35. The number of thioether (sulfide) groups is 1. The molecule has 5 nitrogen and oxygen atoms in total. The largest absolute Gasteiger partial charge is 0.463 e. The average Bonchev–Trinajstić information content (AvgIpc) is 2.88. The van der Waals surface area contributed by atoms with Crippen molar-refractivity contribution in [3.63, 3.8) is 0 Å². The molecule has 1 unspecified atom stereocenters. The summed E-state index contributed by atoms with van der Waals surface area (Å²) in [5.74, 6) is 0.326. The van der Waals surface area contributed by atoms with Crippen LogP contribution in [0.3, 0.4) is 0 Å². The van der Waals surface area contributed by atoms with Crippen LogP contribution in [0.25, 0.3) is 0 Å². The minimum atomic E-state index is -0.455. The number of anilines is 1. The SMILES string of the molecule is CCOC(=O)C1=C(C)N(c2ccccc2)C(SCc2ccc(C#N)cc2)=NC1c1ccccc1. The van der Waals surface area contributed by atoms with E-state index in [-0.39, 0.29) is 5.97 Å². The van der Waals surface area contributed by atoms with Crippen LogP contribution in [0.5, 0.6) is 0 Å². The van der Waals surface area contributed by atoms with Gasteiger partial charge in [-0.25, -0.2) is 9.79 Å². The number of nitrogens with zero attached hydrogens (tertiary/aromatic N) is 3. The zero-order valence-corrected chi connectivity index (χ0v) is 20.0. The summed E-state index contributed by atoms with van der Waals surface area (Å²) in [5, 5.41) is 9.87. The van der Waals surface area contributed by atoms with Crippen molar-refractivity contribution >= 4 is 28.6 Å². The molecular formula is C28H25N3O2S. The molecule has 0 radical (unpaired) electrons. The molecule has 3 aromatic carbocycles. The van der Waals surface area contributed by atoms with Crippen molar-refractivity contribution in [3.8, 4) is 6.07 Å². The summed E-state index contributed by atoms with van der Waals surface area (Å²) in [4.78, 5) is 20.2. The summed E-state index contributed by atoms with van der Waals surface area (Å²) in [5.41, 5.74) is 4.94. The Morgan fingerprint density at radius 2 is 1.68 bits per heavy atom. The number of esters is 1. The first-order chi connectivity index (χ1) is 16.6. The van der Waals surface area contributed by atoms with Gasteiger partial charge in [0, 0.05) is 17.1 Å². The molecule has 0 N–H and O–H groups in total. The molecule has 1 aliphatic heterocycles. The van der Waals surface area contributed by atoms with E-state index in [1.807, 2.05) is 104 Å². The van der Waals surface area contributed by atoms with Crippen molar-refractivity contribution in [2.24, 2.45) is 4.99 Å². The van der Waals surface area contributed by atoms with Crippen LogP contribution < -0.4 is 4.90 Å². The fourth-order valence-electron chi connectivity index (χ4n) is 3.85. The number of ether oxygens (including phenoxy) is 1. The predicted octanol–water partition coefficient (Wildman–Crippen LogP) is 6.25. The van der Waals surface area contributed by atoms with Gasteiger partial charge in [-0.1, -0.05) is 72.4 Å². The van der Waals surface area contributed by atoms with E-state index < -0.39 is 6.04 Å². The smallest absolute Gasteiger partial charge is 0.338 e. The Labute approximate surface area is 204 Å². The summed E-state index contributed by atoms with van der Waals surface area (Å²) < 4.78 is 5.45. The Kier molecular flexibility index (Phi) is 7.46. The van der Waals surface area contributed by atoms with Crippen LogP contribution in [0.4, 0.5) is 5.69 Å². The lowest BCUT2D eigenvalue weighted by Gasteiger charge is -2.34. The number of allylic oxidation sites excluding steroid dienone is 1. The fraction of sp³-hybridized carbons (Fsp3) is 0.179. The summed E-state index contributed by atoms with van der Waals surface area (Å²) in [6.07, 6.45) is 0. The van der Waals surface area contributed by atoms with Crippen molar-refractivity contribution in [3.05, 3.63) is 113 Å². The molecule has 0 amide bonds. The number of nitriles is 1. The minimum Gasteiger partial charge on any atom is -0.463 e. The monoisotopic (exact) mass is 467 g/mol. The summed E-state index contributed by atoms with van der Waals surface area (Å²) in [7, 11) is 0. The molecule has 1 heterocycles. The van der Waals surface area contributed by atoms with Crippen LogP contribution in [-0.2, 0) is 15.3 Å². The van der Waals surface area contributed by atoms with Gasteiger partial charge in [-0.3, -0.25) is 4.90 Å². The molecule has 0 bridgehead atoms. The van der Waals surface area contributed by atoms with E-state index in [1.165, 1.54) is 0 Å². The van der Waals surface area contributed by atoms with Gasteiger partial charge in [0.15, 0.2) is 5.17 Å². The molecule has 6 heteroatoms. The van der Waals surface area contributed by atoms with E-state index in [0.717, 1.165) is 27.7 Å². The maximum atomic E-state index is 13.1. The lowest BCUT2D eigenvalue weighted by molar-refractivity contribution is -0.138. The summed E-state index contributed by atoms with van der Waals surface area (Å²) in [6, 6.07) is 29.0. The highest BCUT2D eigenvalue weighted by Crippen LogP contribution is 2.39. The highest BCUT2D eigenvalue weighted by atomic mass is 32.2. The molecule has 0 aromatic heterocycles. The summed E-state index contributed by atoms with van der Waals surface area (Å²) in [6.45, 7) is 4.06. The number of hydrogen-bond acceptors (Lipinski definition) is 6. The van der Waals surface area contributed by atoms with Crippen LogP contribution in [0.15, 0.2) is 101 Å². The number of carbonyl (C=O) groups is 1. The highest BCUT2D eigenvalue weighted by molar-refractivity contribution is 8.13. The second-order valence-corrected chi connectivity index (χ2v) is 8.66. The molecule has 1 atom stereocenters. The number of para-hydroxylation sites is 1. The van der Waals surface area contributed by atoms with Gasteiger partial charge in [0.25, 0.3) is 0 Å². The maximum absolute atomic E-state index is 13.1. The standard InChI is InChI=1S/C28H25N3O2S/c1-3-33-27(32)25-20(2)31(24-12-8-5-9-13-24)28(30-26(25)23-10-6-4-7-11-23)34-19-22-16-14-21(18-29)15-17-22/h4-17,26H,3,19H2,1-2H3. The molecule has 4 rings (SSSR count). The van der Waals surface area contributed by atoms with Crippen LogP contribution >= 0.6 is 11.8 Å². The van der Waals surface area contributed by atoms with Gasteiger partial charge in [-0.15, -0.1) is 0 Å². The number of aliphatic imine (C=N–C) groups is 1. The van der Waals surface area contributed by atoms with Crippen molar-refractivity contribution in [2.75, 3.05) is 11.5 Å². The fourth-order valence-corrected chi connectivity index (χ4v) is 4.89. The third kappa shape index (κ3) is 5.05. The Morgan fingerprint density at radius 1 is 1.03 bits per heavy atom. The van der Waals surface area contributed by atoms with Crippen LogP contribution in [0, 0.1) is 11.3 Å². The molecule has 0 aliphatic carbocycles. The molecule has 0 saturated carbocycles. The first-order valence-electron chi connectivity index (χ1n) is 11.1. The van der Waals surface area contributed by atoms with Crippen molar-refractivity contribution in [1.82, 2.24) is 0 Å². The van der Waals surface area contributed by atoms with Gasteiger partial charge in [-0.05, 0) is 49.2 Å². The molecule has 1 aliphatic rings. The van der Waals surface area contributed by atoms with E-state index in [0.29, 0.717) is 23.5 Å². The van der Waals surface area contributed by atoms with E-state index >= 15 is 0 Å². The minimum absolute atomic E-state index is 0.298. The van der Waals surface area contributed by atoms with Gasteiger partial charge in [0.05, 0.1) is 23.8 Å². The highest BCUT2D eigenvalue weighted by Gasteiger charge is 2.34. The Bertz CT molecular complexity index is 1250. The molecule has 0 fully saturated rings. The lowest BCUT2D eigenvalue weighted by atomic mass is 9.96. The van der Waals surface area contributed by atoms with Gasteiger partial charge < -0.3 is 4.74 Å². The van der Waals surface area contributed by atoms with Crippen LogP contribution in [0.1, 0.15) is 36.6 Å². The zero-order chi connectivity index (χ0) is 23.9. The molecule has 3 aromatic rings. The number of amidine groups is 1. The third-order valence-electron chi connectivity index (χ3n) is 5.51.